The minimum Gasteiger partial charge on any atom is -0.352 e. The Bertz CT molecular complexity index is 848. The van der Waals surface area contributed by atoms with Gasteiger partial charge in [0.2, 0.25) is 5.91 Å². The smallest absolute Gasteiger partial charge is 0.229 e. The molecule has 3 atom stereocenters. The highest BCUT2D eigenvalue weighted by Gasteiger charge is 2.41. The number of aromatic amines is 1. The molecule has 4 nitrogen and oxygen atoms in total. The number of hydrogen-bond donors (Lipinski definition) is 1. The molecule has 1 saturated heterocycles. The Labute approximate surface area is 141 Å². The van der Waals surface area contributed by atoms with E-state index in [1.807, 2.05) is 48.4 Å². The van der Waals surface area contributed by atoms with Crippen molar-refractivity contribution in [3.8, 4) is 0 Å². The molecule has 4 rings (SSSR count). The molecule has 124 valence electrons. The Balaban J connectivity index is 1.85. The molecule has 1 aliphatic heterocycles. The van der Waals surface area contributed by atoms with Gasteiger partial charge < -0.3 is 9.88 Å². The standard InChI is InChI=1S/C20H22N2O2/c1-3-12-11-22(2)20(24)15-9-8-14-13-6-4-5-7-17(13)21-19(14)18(23)10-16(12)15/h4-9,12,15-16,21H,3,10-11H2,1-2H3/b9-8-/t12-,15+,16+/m1/s1. The molecule has 0 radical (unpaired) electrons. The summed E-state index contributed by atoms with van der Waals surface area (Å²) >= 11 is 0. The number of nitrogens with zero attached hydrogens (tertiary/aromatic N) is 1. The van der Waals surface area contributed by atoms with Crippen LogP contribution >= 0.6 is 0 Å². The van der Waals surface area contributed by atoms with Crippen molar-refractivity contribution in [2.24, 2.45) is 17.8 Å². The zero-order valence-corrected chi connectivity index (χ0v) is 14.1. The van der Waals surface area contributed by atoms with Crippen molar-refractivity contribution in [3.63, 3.8) is 0 Å². The molecule has 0 bridgehead atoms. The Morgan fingerprint density at radius 2 is 2.04 bits per heavy atom. The van der Waals surface area contributed by atoms with E-state index in [9.17, 15) is 9.59 Å². The van der Waals surface area contributed by atoms with E-state index in [1.54, 1.807) is 0 Å². The molecular formula is C20H22N2O2. The first-order valence-electron chi connectivity index (χ1n) is 8.67. The lowest BCUT2D eigenvalue weighted by molar-refractivity contribution is -0.140. The number of aromatic nitrogens is 1. The van der Waals surface area contributed by atoms with Crippen molar-refractivity contribution in [1.82, 2.24) is 9.88 Å². The van der Waals surface area contributed by atoms with E-state index >= 15 is 0 Å². The minimum atomic E-state index is -0.195. The van der Waals surface area contributed by atoms with Gasteiger partial charge in [-0.15, -0.1) is 0 Å². The Morgan fingerprint density at radius 3 is 2.83 bits per heavy atom. The quantitative estimate of drug-likeness (QED) is 0.873. The fourth-order valence-corrected chi connectivity index (χ4v) is 4.33. The van der Waals surface area contributed by atoms with Gasteiger partial charge in [-0.1, -0.05) is 43.7 Å². The van der Waals surface area contributed by atoms with Crippen molar-refractivity contribution in [2.75, 3.05) is 13.6 Å². The summed E-state index contributed by atoms with van der Waals surface area (Å²) in [6.45, 7) is 2.89. The number of H-pyrrole nitrogens is 1. The van der Waals surface area contributed by atoms with Crippen molar-refractivity contribution in [3.05, 3.63) is 41.6 Å². The summed E-state index contributed by atoms with van der Waals surface area (Å²) in [5.41, 5.74) is 2.58. The zero-order valence-electron chi connectivity index (χ0n) is 14.1. The largest absolute Gasteiger partial charge is 0.352 e. The van der Waals surface area contributed by atoms with Gasteiger partial charge in [-0.25, -0.2) is 0 Å². The zero-order chi connectivity index (χ0) is 16.8. The van der Waals surface area contributed by atoms with Crippen molar-refractivity contribution < 1.29 is 9.59 Å². The molecule has 0 spiro atoms. The third kappa shape index (κ3) is 2.20. The number of piperidine rings is 1. The van der Waals surface area contributed by atoms with E-state index in [2.05, 4.69) is 11.9 Å². The molecule has 24 heavy (non-hydrogen) atoms. The lowest BCUT2D eigenvalue weighted by Gasteiger charge is -2.41. The summed E-state index contributed by atoms with van der Waals surface area (Å²) in [5.74, 6) is 0.534. The van der Waals surface area contributed by atoms with Crippen LogP contribution in [0.4, 0.5) is 0 Å². The van der Waals surface area contributed by atoms with Crippen LogP contribution in [-0.4, -0.2) is 35.2 Å². The monoisotopic (exact) mass is 322 g/mol. The van der Waals surface area contributed by atoms with Gasteiger partial charge in [0, 0.05) is 36.5 Å². The number of Topliss-reactive ketones (excluding diaryl/α,β-unsaturated/α-hetero) is 1. The van der Waals surface area contributed by atoms with Crippen LogP contribution in [0, 0.1) is 17.8 Å². The molecule has 1 amide bonds. The number of hydrogen-bond acceptors (Lipinski definition) is 2. The molecule has 1 N–H and O–H groups in total. The molecule has 2 heterocycles. The van der Waals surface area contributed by atoms with E-state index in [1.165, 1.54) is 0 Å². The molecular weight excluding hydrogens is 300 g/mol. The van der Waals surface area contributed by atoms with Crippen LogP contribution in [0.15, 0.2) is 30.3 Å². The maximum Gasteiger partial charge on any atom is 0.229 e. The number of carbonyl (C=O) groups excluding carboxylic acids is 2. The van der Waals surface area contributed by atoms with Crippen LogP contribution in [0.2, 0.25) is 0 Å². The molecule has 0 saturated carbocycles. The molecule has 1 aromatic heterocycles. The number of benzene rings is 1. The third-order valence-electron chi connectivity index (χ3n) is 5.68. The number of carbonyl (C=O) groups is 2. The first-order chi connectivity index (χ1) is 11.6. The van der Waals surface area contributed by atoms with Crippen LogP contribution in [0.5, 0.6) is 0 Å². The summed E-state index contributed by atoms with van der Waals surface area (Å²) in [7, 11) is 1.87. The van der Waals surface area contributed by atoms with Crippen molar-refractivity contribution in [1.29, 1.82) is 0 Å². The first-order valence-corrected chi connectivity index (χ1v) is 8.67. The molecule has 2 aromatic rings. The number of rotatable bonds is 1. The summed E-state index contributed by atoms with van der Waals surface area (Å²) in [6.07, 6.45) is 5.43. The predicted molar refractivity (Wildman–Crippen MR) is 94.7 cm³/mol. The summed E-state index contributed by atoms with van der Waals surface area (Å²) in [5, 5.41) is 1.04. The average molecular weight is 322 g/mol. The van der Waals surface area contributed by atoms with E-state index in [0.29, 0.717) is 18.0 Å². The van der Waals surface area contributed by atoms with Crippen LogP contribution in [0.1, 0.15) is 35.8 Å². The lowest BCUT2D eigenvalue weighted by Crippen LogP contribution is -2.48. The van der Waals surface area contributed by atoms with Crippen molar-refractivity contribution >= 4 is 28.7 Å². The number of amides is 1. The van der Waals surface area contributed by atoms with Gasteiger partial charge in [-0.05, 0) is 17.9 Å². The van der Waals surface area contributed by atoms with E-state index in [0.717, 1.165) is 29.4 Å². The predicted octanol–water partition coefficient (Wildman–Crippen LogP) is 3.50. The SMILES string of the molecule is CC[C@@H]1CN(C)C(=O)[C@H]2/C=C\c3c([nH]c4ccccc34)C(=O)C[C@@H]12. The van der Waals surface area contributed by atoms with Gasteiger partial charge in [0.15, 0.2) is 5.78 Å². The number of nitrogens with one attached hydrogen (secondary N) is 1. The van der Waals surface area contributed by atoms with E-state index in [-0.39, 0.29) is 23.5 Å². The molecule has 0 unspecified atom stereocenters. The van der Waals surface area contributed by atoms with Gasteiger partial charge in [-0.3, -0.25) is 9.59 Å². The lowest BCUT2D eigenvalue weighted by atomic mass is 9.72. The van der Waals surface area contributed by atoms with Crippen LogP contribution in [0.25, 0.3) is 17.0 Å². The Kier molecular flexibility index (Phi) is 3.56. The summed E-state index contributed by atoms with van der Waals surface area (Å²) < 4.78 is 0. The summed E-state index contributed by atoms with van der Waals surface area (Å²) in [4.78, 5) is 30.7. The van der Waals surface area contributed by atoms with E-state index in [4.69, 9.17) is 0 Å². The fourth-order valence-electron chi connectivity index (χ4n) is 4.33. The average Bonchev–Trinajstić information content (AvgIpc) is 2.94. The van der Waals surface area contributed by atoms with Crippen molar-refractivity contribution in [2.45, 2.75) is 19.8 Å². The summed E-state index contributed by atoms with van der Waals surface area (Å²) in [6, 6.07) is 7.95. The third-order valence-corrected chi connectivity index (χ3v) is 5.68. The number of para-hydroxylation sites is 1. The number of ketones is 1. The topological polar surface area (TPSA) is 53.2 Å². The molecule has 2 aliphatic rings. The van der Waals surface area contributed by atoms with Gasteiger partial charge >= 0.3 is 0 Å². The first kappa shape index (κ1) is 15.2. The highest BCUT2D eigenvalue weighted by atomic mass is 16.2. The Morgan fingerprint density at radius 1 is 1.25 bits per heavy atom. The van der Waals surface area contributed by atoms with E-state index < -0.39 is 0 Å². The van der Waals surface area contributed by atoms with Crippen LogP contribution in [0.3, 0.4) is 0 Å². The second-order valence-electron chi connectivity index (χ2n) is 7.02. The maximum absolute atomic E-state index is 12.9. The van der Waals surface area contributed by atoms with Gasteiger partial charge in [0.05, 0.1) is 11.6 Å². The second-order valence-corrected chi connectivity index (χ2v) is 7.02. The minimum absolute atomic E-state index is 0.0991. The second kappa shape index (κ2) is 5.62. The van der Waals surface area contributed by atoms with Gasteiger partial charge in [0.1, 0.15) is 0 Å². The molecule has 1 aromatic carbocycles. The van der Waals surface area contributed by atoms with Crippen LogP contribution < -0.4 is 0 Å². The number of fused-ring (bicyclic) bond motifs is 4. The highest BCUT2D eigenvalue weighted by Crippen LogP contribution is 2.38. The maximum atomic E-state index is 12.9. The Hall–Kier alpha value is -2.36. The molecule has 1 aliphatic carbocycles. The highest BCUT2D eigenvalue weighted by molar-refractivity contribution is 6.06. The normalized spacial score (nSPS) is 28.2. The molecule has 1 fully saturated rings. The molecule has 4 heteroatoms. The fraction of sp³-hybridized carbons (Fsp3) is 0.400. The van der Waals surface area contributed by atoms with Gasteiger partial charge in [0.25, 0.3) is 0 Å². The van der Waals surface area contributed by atoms with Crippen LogP contribution in [-0.2, 0) is 4.79 Å². The van der Waals surface area contributed by atoms with Gasteiger partial charge in [-0.2, -0.15) is 0 Å². The number of likely N-dealkylation sites (tertiary alicyclic amines) is 1.